The molecule has 0 aromatic carbocycles. The monoisotopic (exact) mass is 257 g/mol. The summed E-state index contributed by atoms with van der Waals surface area (Å²) in [5.41, 5.74) is 0. The summed E-state index contributed by atoms with van der Waals surface area (Å²) in [7, 11) is 1.40. The predicted molar refractivity (Wildman–Crippen MR) is 71.5 cm³/mol. The molecule has 1 fully saturated rings. The van der Waals surface area contributed by atoms with E-state index in [9.17, 15) is 4.79 Å². The molecule has 0 heterocycles. The van der Waals surface area contributed by atoms with Crippen LogP contribution >= 0.6 is 0 Å². The number of carbonyl (C=O) groups is 1. The molecule has 18 heavy (non-hydrogen) atoms. The first-order valence-corrected chi connectivity index (χ1v) is 7.10. The number of rotatable bonds is 8. The van der Waals surface area contributed by atoms with E-state index in [0.29, 0.717) is 25.7 Å². The SMILES string of the molecule is COC(=O)CCOCCCN[C@H]1CC[C@@H](C)CC1. The van der Waals surface area contributed by atoms with Crippen molar-refractivity contribution in [2.75, 3.05) is 26.9 Å². The largest absolute Gasteiger partial charge is 0.469 e. The second-order valence-corrected chi connectivity index (χ2v) is 5.20. The van der Waals surface area contributed by atoms with Crippen molar-refractivity contribution in [1.82, 2.24) is 5.32 Å². The lowest BCUT2D eigenvalue weighted by atomic mass is 9.87. The molecule has 0 saturated heterocycles. The van der Waals surface area contributed by atoms with Gasteiger partial charge in [-0.05, 0) is 44.6 Å². The van der Waals surface area contributed by atoms with Crippen LogP contribution in [0.25, 0.3) is 0 Å². The van der Waals surface area contributed by atoms with Crippen molar-refractivity contribution < 1.29 is 14.3 Å². The summed E-state index contributed by atoms with van der Waals surface area (Å²) < 4.78 is 9.91. The second-order valence-electron chi connectivity index (χ2n) is 5.20. The van der Waals surface area contributed by atoms with Gasteiger partial charge < -0.3 is 14.8 Å². The van der Waals surface area contributed by atoms with Crippen LogP contribution in [-0.4, -0.2) is 38.9 Å². The molecule has 1 N–H and O–H groups in total. The molecule has 0 aromatic heterocycles. The van der Waals surface area contributed by atoms with Crippen LogP contribution in [0.2, 0.25) is 0 Å². The molecule has 0 aromatic rings. The molecule has 1 aliphatic carbocycles. The van der Waals surface area contributed by atoms with E-state index in [1.54, 1.807) is 0 Å². The molecule has 1 saturated carbocycles. The zero-order chi connectivity index (χ0) is 13.2. The maximum atomic E-state index is 10.8. The quantitative estimate of drug-likeness (QED) is 0.534. The molecule has 1 rings (SSSR count). The number of hydrogen-bond donors (Lipinski definition) is 1. The Bertz CT molecular complexity index is 225. The molecular formula is C14H27NO3. The summed E-state index contributed by atoms with van der Waals surface area (Å²) in [6.45, 7) is 4.53. The lowest BCUT2D eigenvalue weighted by Gasteiger charge is -2.27. The van der Waals surface area contributed by atoms with Gasteiger partial charge >= 0.3 is 5.97 Å². The Hall–Kier alpha value is -0.610. The number of carbonyl (C=O) groups excluding carboxylic acids is 1. The van der Waals surface area contributed by atoms with Crippen LogP contribution in [0.3, 0.4) is 0 Å². The Morgan fingerprint density at radius 3 is 2.61 bits per heavy atom. The molecule has 0 atom stereocenters. The van der Waals surface area contributed by atoms with Gasteiger partial charge in [0.2, 0.25) is 0 Å². The highest BCUT2D eigenvalue weighted by Gasteiger charge is 2.16. The van der Waals surface area contributed by atoms with E-state index in [1.807, 2.05) is 0 Å². The maximum Gasteiger partial charge on any atom is 0.307 e. The second kappa shape index (κ2) is 9.34. The summed E-state index contributed by atoms with van der Waals surface area (Å²) in [6.07, 6.45) is 6.69. The molecule has 0 unspecified atom stereocenters. The number of ether oxygens (including phenoxy) is 2. The van der Waals surface area contributed by atoms with E-state index in [4.69, 9.17) is 4.74 Å². The highest BCUT2D eigenvalue weighted by atomic mass is 16.5. The molecule has 0 radical (unpaired) electrons. The van der Waals surface area contributed by atoms with Crippen molar-refractivity contribution in [3.05, 3.63) is 0 Å². The smallest absolute Gasteiger partial charge is 0.307 e. The molecule has 0 bridgehead atoms. The van der Waals surface area contributed by atoms with E-state index < -0.39 is 0 Å². The van der Waals surface area contributed by atoms with Crippen LogP contribution in [0, 0.1) is 5.92 Å². The summed E-state index contributed by atoms with van der Waals surface area (Å²) in [5, 5.41) is 3.58. The van der Waals surface area contributed by atoms with Gasteiger partial charge in [0, 0.05) is 12.6 Å². The molecular weight excluding hydrogens is 230 g/mol. The third kappa shape index (κ3) is 6.97. The zero-order valence-corrected chi connectivity index (χ0v) is 11.7. The third-order valence-electron chi connectivity index (χ3n) is 3.59. The summed E-state index contributed by atoms with van der Waals surface area (Å²) in [5.74, 6) is 0.703. The fourth-order valence-electron chi connectivity index (χ4n) is 2.30. The van der Waals surface area contributed by atoms with Crippen LogP contribution in [0.5, 0.6) is 0 Å². The Kier molecular flexibility index (Phi) is 8.01. The van der Waals surface area contributed by atoms with Gasteiger partial charge in [-0.3, -0.25) is 4.79 Å². The minimum Gasteiger partial charge on any atom is -0.469 e. The first kappa shape index (κ1) is 15.4. The predicted octanol–water partition coefficient (Wildman–Crippen LogP) is 2.12. The van der Waals surface area contributed by atoms with Crippen molar-refractivity contribution in [2.24, 2.45) is 5.92 Å². The normalized spacial score (nSPS) is 23.9. The Morgan fingerprint density at radius 2 is 1.94 bits per heavy atom. The van der Waals surface area contributed by atoms with Crippen molar-refractivity contribution in [3.8, 4) is 0 Å². The highest BCUT2D eigenvalue weighted by Crippen LogP contribution is 2.23. The Morgan fingerprint density at radius 1 is 1.22 bits per heavy atom. The van der Waals surface area contributed by atoms with Gasteiger partial charge in [-0.2, -0.15) is 0 Å². The Balaban J connectivity index is 1.85. The van der Waals surface area contributed by atoms with Crippen molar-refractivity contribution >= 4 is 5.97 Å². The average molecular weight is 257 g/mol. The lowest BCUT2D eigenvalue weighted by molar-refractivity contribution is -0.141. The van der Waals surface area contributed by atoms with Crippen molar-refractivity contribution in [3.63, 3.8) is 0 Å². The molecule has 0 aliphatic heterocycles. The van der Waals surface area contributed by atoms with Gasteiger partial charge in [-0.15, -0.1) is 0 Å². The third-order valence-corrected chi connectivity index (χ3v) is 3.59. The molecule has 0 amide bonds. The topological polar surface area (TPSA) is 47.6 Å². The van der Waals surface area contributed by atoms with Crippen LogP contribution in [0.15, 0.2) is 0 Å². The van der Waals surface area contributed by atoms with Crippen LogP contribution in [0.4, 0.5) is 0 Å². The van der Waals surface area contributed by atoms with Gasteiger partial charge in [0.05, 0.1) is 20.1 Å². The number of esters is 1. The maximum absolute atomic E-state index is 10.8. The average Bonchev–Trinajstić information content (AvgIpc) is 2.39. The molecule has 106 valence electrons. The number of methoxy groups -OCH3 is 1. The minimum atomic E-state index is -0.204. The molecule has 0 spiro atoms. The van der Waals surface area contributed by atoms with E-state index in [2.05, 4.69) is 17.0 Å². The van der Waals surface area contributed by atoms with Gasteiger partial charge in [-0.25, -0.2) is 0 Å². The minimum absolute atomic E-state index is 0.204. The molecule has 4 heteroatoms. The van der Waals surface area contributed by atoms with E-state index in [1.165, 1.54) is 32.8 Å². The lowest BCUT2D eigenvalue weighted by Crippen LogP contribution is -2.33. The Labute approximate surface area is 110 Å². The van der Waals surface area contributed by atoms with Crippen LogP contribution in [-0.2, 0) is 14.3 Å². The van der Waals surface area contributed by atoms with Crippen molar-refractivity contribution in [2.45, 2.75) is 51.5 Å². The van der Waals surface area contributed by atoms with E-state index >= 15 is 0 Å². The summed E-state index contributed by atoms with van der Waals surface area (Å²) >= 11 is 0. The fraction of sp³-hybridized carbons (Fsp3) is 0.929. The first-order valence-electron chi connectivity index (χ1n) is 7.10. The summed E-state index contributed by atoms with van der Waals surface area (Å²) in [6, 6.07) is 0.705. The van der Waals surface area contributed by atoms with E-state index in [0.717, 1.165) is 18.9 Å². The van der Waals surface area contributed by atoms with Crippen LogP contribution in [0.1, 0.15) is 45.4 Å². The fourth-order valence-corrected chi connectivity index (χ4v) is 2.30. The highest BCUT2D eigenvalue weighted by molar-refractivity contribution is 5.69. The number of hydrogen-bond acceptors (Lipinski definition) is 4. The van der Waals surface area contributed by atoms with Crippen LogP contribution < -0.4 is 5.32 Å². The number of nitrogens with one attached hydrogen (secondary N) is 1. The molecule has 4 nitrogen and oxygen atoms in total. The van der Waals surface area contributed by atoms with Gasteiger partial charge in [0.25, 0.3) is 0 Å². The van der Waals surface area contributed by atoms with Gasteiger partial charge in [-0.1, -0.05) is 6.92 Å². The van der Waals surface area contributed by atoms with Crippen molar-refractivity contribution in [1.29, 1.82) is 0 Å². The van der Waals surface area contributed by atoms with Gasteiger partial charge in [0.1, 0.15) is 0 Å². The molecule has 1 aliphatic rings. The zero-order valence-electron chi connectivity index (χ0n) is 11.7. The van der Waals surface area contributed by atoms with E-state index in [-0.39, 0.29) is 5.97 Å². The summed E-state index contributed by atoms with van der Waals surface area (Å²) in [4.78, 5) is 10.8. The first-order chi connectivity index (χ1) is 8.72. The standard InChI is InChI=1S/C14H27NO3/c1-12-4-6-13(7-5-12)15-9-3-10-18-11-8-14(16)17-2/h12-13,15H,3-11H2,1-2H3/t12-,13+. The van der Waals surface area contributed by atoms with Gasteiger partial charge in [0.15, 0.2) is 0 Å².